The molecule has 2 rings (SSSR count). The number of allylic oxidation sites excluding steroid dienone is 1. The van der Waals surface area contributed by atoms with Crippen LogP contribution in [0.15, 0.2) is 12.2 Å². The van der Waals surface area contributed by atoms with Gasteiger partial charge in [0, 0.05) is 12.1 Å². The van der Waals surface area contributed by atoms with Crippen LogP contribution in [0.4, 0.5) is 0 Å². The summed E-state index contributed by atoms with van der Waals surface area (Å²) in [6.45, 7) is 4.58. The molecule has 0 bridgehead atoms. The van der Waals surface area contributed by atoms with E-state index < -0.39 is 0 Å². The molecule has 0 aliphatic heterocycles. The molecular weight excluding hydrogens is 174 g/mol. The standard InChI is InChI=1S/C12H21NO/c1-8(2)12(7-14)13-11-6-9-4-3-5-10(9)11/h3,5,8-14H,4,6-7H2,1-2H3. The second-order valence-corrected chi connectivity index (χ2v) is 5.04. The first-order chi connectivity index (χ1) is 6.72. The number of hydrogen-bond acceptors (Lipinski definition) is 2. The van der Waals surface area contributed by atoms with E-state index in [1.165, 1.54) is 12.8 Å². The molecule has 0 aromatic carbocycles. The topological polar surface area (TPSA) is 32.3 Å². The van der Waals surface area contributed by atoms with Crippen molar-refractivity contribution in [2.45, 2.75) is 38.8 Å². The molecule has 0 aromatic heterocycles. The van der Waals surface area contributed by atoms with Gasteiger partial charge in [0.1, 0.15) is 0 Å². The van der Waals surface area contributed by atoms with Crippen molar-refractivity contribution in [1.29, 1.82) is 0 Å². The molecule has 2 N–H and O–H groups in total. The maximum absolute atomic E-state index is 9.22. The zero-order valence-electron chi connectivity index (χ0n) is 9.11. The van der Waals surface area contributed by atoms with Gasteiger partial charge in [-0.2, -0.15) is 0 Å². The third-order valence-electron chi connectivity index (χ3n) is 3.79. The van der Waals surface area contributed by atoms with Gasteiger partial charge in [-0.15, -0.1) is 0 Å². The van der Waals surface area contributed by atoms with Crippen molar-refractivity contribution >= 4 is 0 Å². The van der Waals surface area contributed by atoms with Gasteiger partial charge < -0.3 is 10.4 Å². The summed E-state index contributed by atoms with van der Waals surface area (Å²) in [4.78, 5) is 0. The highest BCUT2D eigenvalue weighted by atomic mass is 16.3. The monoisotopic (exact) mass is 195 g/mol. The molecule has 0 radical (unpaired) electrons. The van der Waals surface area contributed by atoms with Gasteiger partial charge in [-0.05, 0) is 30.6 Å². The van der Waals surface area contributed by atoms with E-state index >= 15 is 0 Å². The molecule has 2 nitrogen and oxygen atoms in total. The summed E-state index contributed by atoms with van der Waals surface area (Å²) in [6, 6.07) is 0.897. The molecule has 0 saturated heterocycles. The highest BCUT2D eigenvalue weighted by Crippen LogP contribution is 2.42. The molecule has 0 amide bonds. The zero-order valence-corrected chi connectivity index (χ0v) is 9.11. The molecule has 2 heteroatoms. The van der Waals surface area contributed by atoms with Crippen LogP contribution in [0.5, 0.6) is 0 Å². The highest BCUT2D eigenvalue weighted by molar-refractivity contribution is 5.13. The first-order valence-electron chi connectivity index (χ1n) is 5.76. The van der Waals surface area contributed by atoms with Crippen molar-refractivity contribution in [2.75, 3.05) is 6.61 Å². The van der Waals surface area contributed by atoms with Crippen LogP contribution in [0.25, 0.3) is 0 Å². The van der Waals surface area contributed by atoms with Gasteiger partial charge in [-0.3, -0.25) is 0 Å². The fourth-order valence-corrected chi connectivity index (χ4v) is 2.64. The first-order valence-corrected chi connectivity index (χ1v) is 5.76. The smallest absolute Gasteiger partial charge is 0.0587 e. The maximum atomic E-state index is 9.22. The number of nitrogens with one attached hydrogen (secondary N) is 1. The van der Waals surface area contributed by atoms with Crippen molar-refractivity contribution in [3.63, 3.8) is 0 Å². The second-order valence-electron chi connectivity index (χ2n) is 5.04. The highest BCUT2D eigenvalue weighted by Gasteiger charge is 2.41. The van der Waals surface area contributed by atoms with Gasteiger partial charge in [-0.1, -0.05) is 26.0 Å². The number of fused-ring (bicyclic) bond motifs is 1. The van der Waals surface area contributed by atoms with E-state index in [0.29, 0.717) is 12.0 Å². The Hall–Kier alpha value is -0.340. The van der Waals surface area contributed by atoms with Crippen molar-refractivity contribution in [2.24, 2.45) is 17.8 Å². The van der Waals surface area contributed by atoms with Crippen molar-refractivity contribution < 1.29 is 5.11 Å². The van der Waals surface area contributed by atoms with Gasteiger partial charge in [0.25, 0.3) is 0 Å². The molecule has 14 heavy (non-hydrogen) atoms. The molecule has 1 fully saturated rings. The van der Waals surface area contributed by atoms with Crippen molar-refractivity contribution in [1.82, 2.24) is 5.32 Å². The summed E-state index contributed by atoms with van der Waals surface area (Å²) in [5.41, 5.74) is 0. The van der Waals surface area contributed by atoms with Crippen LogP contribution in [0.3, 0.4) is 0 Å². The van der Waals surface area contributed by atoms with E-state index in [9.17, 15) is 5.11 Å². The van der Waals surface area contributed by atoms with Crippen LogP contribution in [-0.2, 0) is 0 Å². The quantitative estimate of drug-likeness (QED) is 0.667. The SMILES string of the molecule is CC(C)C(CO)NC1CC2CC=CC21. The minimum Gasteiger partial charge on any atom is -0.395 e. The number of hydrogen-bond donors (Lipinski definition) is 2. The Bertz CT molecular complexity index is 224. The lowest BCUT2D eigenvalue weighted by Crippen LogP contribution is -2.54. The van der Waals surface area contributed by atoms with Crippen LogP contribution in [-0.4, -0.2) is 23.8 Å². The Morgan fingerprint density at radius 3 is 2.86 bits per heavy atom. The third kappa shape index (κ3) is 1.73. The van der Waals surface area contributed by atoms with Crippen LogP contribution >= 0.6 is 0 Å². The molecular formula is C12H21NO. The Morgan fingerprint density at radius 2 is 2.29 bits per heavy atom. The van der Waals surface area contributed by atoms with Crippen LogP contribution in [0.1, 0.15) is 26.7 Å². The summed E-state index contributed by atoms with van der Waals surface area (Å²) in [5.74, 6) is 2.17. The van der Waals surface area contributed by atoms with Gasteiger partial charge in [0.05, 0.1) is 6.61 Å². The van der Waals surface area contributed by atoms with Crippen molar-refractivity contribution in [3.05, 3.63) is 12.2 Å². The van der Waals surface area contributed by atoms with E-state index in [-0.39, 0.29) is 12.6 Å². The fraction of sp³-hybridized carbons (Fsp3) is 0.833. The van der Waals surface area contributed by atoms with Crippen molar-refractivity contribution in [3.8, 4) is 0 Å². The van der Waals surface area contributed by atoms with Gasteiger partial charge >= 0.3 is 0 Å². The Balaban J connectivity index is 1.83. The summed E-state index contributed by atoms with van der Waals surface area (Å²) in [7, 11) is 0. The largest absolute Gasteiger partial charge is 0.395 e. The summed E-state index contributed by atoms with van der Waals surface area (Å²) >= 11 is 0. The number of aliphatic hydroxyl groups excluding tert-OH is 1. The lowest BCUT2D eigenvalue weighted by atomic mass is 9.71. The Labute approximate surface area is 86.4 Å². The van der Waals surface area contributed by atoms with E-state index in [4.69, 9.17) is 0 Å². The third-order valence-corrected chi connectivity index (χ3v) is 3.79. The maximum Gasteiger partial charge on any atom is 0.0587 e. The van der Waals surface area contributed by atoms with Gasteiger partial charge in [-0.25, -0.2) is 0 Å². The van der Waals surface area contributed by atoms with Crippen LogP contribution in [0, 0.1) is 17.8 Å². The molecule has 0 aromatic rings. The zero-order chi connectivity index (χ0) is 10.1. The van der Waals surface area contributed by atoms with E-state index in [2.05, 4.69) is 31.3 Å². The lowest BCUT2D eigenvalue weighted by Gasteiger charge is -2.43. The summed E-state index contributed by atoms with van der Waals surface area (Å²) < 4.78 is 0. The molecule has 0 heterocycles. The second kappa shape index (κ2) is 4.03. The predicted octanol–water partition coefficient (Wildman–Crippen LogP) is 1.56. The molecule has 0 spiro atoms. The molecule has 2 aliphatic rings. The predicted molar refractivity (Wildman–Crippen MR) is 58.0 cm³/mol. The van der Waals surface area contributed by atoms with E-state index in [1.54, 1.807) is 0 Å². The normalized spacial score (nSPS) is 37.0. The number of rotatable bonds is 4. The molecule has 2 aliphatic carbocycles. The Morgan fingerprint density at radius 1 is 1.50 bits per heavy atom. The van der Waals surface area contributed by atoms with E-state index in [0.717, 1.165) is 11.8 Å². The molecule has 4 unspecified atom stereocenters. The molecule has 4 atom stereocenters. The minimum absolute atomic E-state index is 0.259. The fourth-order valence-electron chi connectivity index (χ4n) is 2.64. The average Bonchev–Trinajstić information content (AvgIpc) is 2.48. The first kappa shape index (κ1) is 10.2. The average molecular weight is 195 g/mol. The van der Waals surface area contributed by atoms with Gasteiger partial charge in [0.15, 0.2) is 0 Å². The van der Waals surface area contributed by atoms with Crippen LogP contribution in [0.2, 0.25) is 0 Å². The molecule has 80 valence electrons. The Kier molecular flexibility index (Phi) is 2.93. The molecule has 1 saturated carbocycles. The lowest BCUT2D eigenvalue weighted by molar-refractivity contribution is 0.115. The van der Waals surface area contributed by atoms with E-state index in [1.807, 2.05) is 0 Å². The number of aliphatic hydroxyl groups is 1. The summed E-state index contributed by atoms with van der Waals surface area (Å²) in [6.07, 6.45) is 7.22. The van der Waals surface area contributed by atoms with Gasteiger partial charge in [0.2, 0.25) is 0 Å². The summed E-state index contributed by atoms with van der Waals surface area (Å²) in [5, 5.41) is 12.8. The van der Waals surface area contributed by atoms with Crippen LogP contribution < -0.4 is 5.32 Å². The minimum atomic E-state index is 0.259.